The number of hydrogen-bond donors (Lipinski definition) is 2. The molecule has 0 fully saturated rings. The maximum Gasteiger partial charge on any atom is 0.191 e. The van der Waals surface area contributed by atoms with Crippen LogP contribution in [0, 0.1) is 0 Å². The first kappa shape index (κ1) is 19.8. The molecule has 0 heterocycles. The third-order valence-corrected chi connectivity index (χ3v) is 4.06. The molecule has 0 amide bonds. The van der Waals surface area contributed by atoms with Gasteiger partial charge >= 0.3 is 0 Å². The molecule has 2 aromatic carbocycles. The molecule has 26 heavy (non-hydrogen) atoms. The molecule has 0 aliphatic heterocycles. The van der Waals surface area contributed by atoms with E-state index in [1.165, 1.54) is 16.7 Å². The van der Waals surface area contributed by atoms with Crippen LogP contribution in [0.4, 0.5) is 0 Å². The van der Waals surface area contributed by atoms with Crippen LogP contribution in [0.25, 0.3) is 0 Å². The van der Waals surface area contributed by atoms with E-state index in [0.717, 1.165) is 37.8 Å². The van der Waals surface area contributed by atoms with Crippen molar-refractivity contribution < 1.29 is 9.47 Å². The maximum absolute atomic E-state index is 5.42. The molecule has 0 radical (unpaired) electrons. The van der Waals surface area contributed by atoms with E-state index in [1.807, 2.05) is 25.1 Å². The van der Waals surface area contributed by atoms with Crippen molar-refractivity contribution in [1.29, 1.82) is 0 Å². The topological polar surface area (TPSA) is 54.9 Å². The molecule has 0 aliphatic carbocycles. The van der Waals surface area contributed by atoms with Crippen LogP contribution in [0.5, 0.6) is 5.75 Å². The second kappa shape index (κ2) is 11.2. The van der Waals surface area contributed by atoms with Gasteiger partial charge in [0.2, 0.25) is 0 Å². The summed E-state index contributed by atoms with van der Waals surface area (Å²) in [5, 5.41) is 6.68. The lowest BCUT2D eigenvalue weighted by molar-refractivity contribution is 0.134. The predicted molar refractivity (Wildman–Crippen MR) is 107 cm³/mol. The Labute approximate surface area is 156 Å². The van der Waals surface area contributed by atoms with Crippen LogP contribution in [-0.4, -0.2) is 33.3 Å². The summed E-state index contributed by atoms with van der Waals surface area (Å²) < 4.78 is 10.8. The van der Waals surface area contributed by atoms with Crippen molar-refractivity contribution in [3.63, 3.8) is 0 Å². The molecule has 0 aliphatic rings. The zero-order valence-electron chi connectivity index (χ0n) is 15.9. The molecule has 140 valence electrons. The number of aliphatic imine (C=N–C) groups is 1. The van der Waals surface area contributed by atoms with Gasteiger partial charge in [-0.3, -0.25) is 4.99 Å². The Hall–Kier alpha value is -2.53. The Morgan fingerprint density at radius 2 is 1.73 bits per heavy atom. The van der Waals surface area contributed by atoms with Crippen LogP contribution in [0.3, 0.4) is 0 Å². The third-order valence-electron chi connectivity index (χ3n) is 4.06. The number of hydrogen-bond acceptors (Lipinski definition) is 3. The van der Waals surface area contributed by atoms with E-state index >= 15 is 0 Å². The van der Waals surface area contributed by atoms with Crippen LogP contribution in [-0.2, 0) is 24.3 Å². The smallest absolute Gasteiger partial charge is 0.191 e. The summed E-state index contributed by atoms with van der Waals surface area (Å²) in [6.07, 6.45) is 0.872. The van der Waals surface area contributed by atoms with Gasteiger partial charge in [-0.1, -0.05) is 42.5 Å². The predicted octanol–water partition coefficient (Wildman–Crippen LogP) is 3.14. The van der Waals surface area contributed by atoms with Crippen molar-refractivity contribution in [3.8, 4) is 5.75 Å². The van der Waals surface area contributed by atoms with Gasteiger partial charge in [0.05, 0.1) is 13.7 Å². The molecule has 5 nitrogen and oxygen atoms in total. The largest absolute Gasteiger partial charge is 0.496 e. The highest BCUT2D eigenvalue weighted by Crippen LogP contribution is 2.17. The Morgan fingerprint density at radius 3 is 2.42 bits per heavy atom. The Kier molecular flexibility index (Phi) is 8.49. The zero-order chi connectivity index (χ0) is 18.6. The standard InChI is InChI=1S/C21H29N3O2/c1-4-26-16-18-11-9-17(10-12-18)15-24-21(22-2)23-14-13-19-7-5-6-8-20(19)25-3/h5-12H,4,13-16H2,1-3H3,(H2,22,23,24). The molecule has 2 aromatic rings. The van der Waals surface area contributed by atoms with Crippen LogP contribution < -0.4 is 15.4 Å². The number of methoxy groups -OCH3 is 1. The highest BCUT2D eigenvalue weighted by atomic mass is 16.5. The number of nitrogens with one attached hydrogen (secondary N) is 2. The average molecular weight is 355 g/mol. The van der Waals surface area contributed by atoms with E-state index in [1.54, 1.807) is 14.2 Å². The molecule has 0 unspecified atom stereocenters. The van der Waals surface area contributed by atoms with E-state index in [-0.39, 0.29) is 0 Å². The quantitative estimate of drug-likeness (QED) is 0.536. The van der Waals surface area contributed by atoms with Gasteiger partial charge in [-0.2, -0.15) is 0 Å². The van der Waals surface area contributed by atoms with Gasteiger partial charge in [0.15, 0.2) is 5.96 Å². The van der Waals surface area contributed by atoms with Crippen LogP contribution in [0.2, 0.25) is 0 Å². The Balaban J connectivity index is 1.77. The van der Waals surface area contributed by atoms with E-state index in [2.05, 4.69) is 46.0 Å². The van der Waals surface area contributed by atoms with Crippen molar-refractivity contribution in [2.75, 3.05) is 27.3 Å². The monoisotopic (exact) mass is 355 g/mol. The number of benzene rings is 2. The summed E-state index contributed by atoms with van der Waals surface area (Å²) in [7, 11) is 3.48. The summed E-state index contributed by atoms with van der Waals surface area (Å²) in [4.78, 5) is 4.28. The van der Waals surface area contributed by atoms with Crippen LogP contribution in [0.15, 0.2) is 53.5 Å². The Bertz CT molecular complexity index is 684. The van der Waals surface area contributed by atoms with Gasteiger partial charge in [0.1, 0.15) is 5.75 Å². The van der Waals surface area contributed by atoms with Crippen LogP contribution >= 0.6 is 0 Å². The zero-order valence-corrected chi connectivity index (χ0v) is 15.9. The highest BCUT2D eigenvalue weighted by Gasteiger charge is 2.03. The minimum absolute atomic E-state index is 0.663. The lowest BCUT2D eigenvalue weighted by atomic mass is 10.1. The average Bonchev–Trinajstić information content (AvgIpc) is 2.70. The van der Waals surface area contributed by atoms with Gasteiger partial charge in [-0.25, -0.2) is 0 Å². The molecule has 0 aromatic heterocycles. The minimum atomic E-state index is 0.663. The first-order valence-electron chi connectivity index (χ1n) is 8.98. The van der Waals surface area contributed by atoms with Gasteiger partial charge in [-0.05, 0) is 36.1 Å². The van der Waals surface area contributed by atoms with E-state index in [9.17, 15) is 0 Å². The van der Waals surface area contributed by atoms with Crippen molar-refractivity contribution in [3.05, 3.63) is 65.2 Å². The summed E-state index contributed by atoms with van der Waals surface area (Å²) in [6, 6.07) is 16.5. The fourth-order valence-electron chi connectivity index (χ4n) is 2.60. The molecule has 5 heteroatoms. The summed E-state index contributed by atoms with van der Waals surface area (Å²) in [6.45, 7) is 4.91. The normalized spacial score (nSPS) is 11.3. The molecule has 0 atom stereocenters. The summed E-state index contributed by atoms with van der Waals surface area (Å²) >= 11 is 0. The van der Waals surface area contributed by atoms with Gasteiger partial charge in [0.25, 0.3) is 0 Å². The lowest BCUT2D eigenvalue weighted by Crippen LogP contribution is -2.37. The molecular formula is C21H29N3O2. The molecule has 2 N–H and O–H groups in total. The molecular weight excluding hydrogens is 326 g/mol. The number of ether oxygens (including phenoxy) is 2. The van der Waals surface area contributed by atoms with Crippen molar-refractivity contribution in [2.24, 2.45) is 4.99 Å². The molecule has 0 bridgehead atoms. The number of guanidine groups is 1. The van der Waals surface area contributed by atoms with Gasteiger partial charge in [0, 0.05) is 26.7 Å². The summed E-state index contributed by atoms with van der Waals surface area (Å²) in [5.41, 5.74) is 3.58. The van der Waals surface area contributed by atoms with Crippen LogP contribution in [0.1, 0.15) is 23.6 Å². The summed E-state index contributed by atoms with van der Waals surface area (Å²) in [5.74, 6) is 1.71. The molecule has 0 saturated carbocycles. The third kappa shape index (κ3) is 6.41. The van der Waals surface area contributed by atoms with E-state index < -0.39 is 0 Å². The highest BCUT2D eigenvalue weighted by molar-refractivity contribution is 5.79. The minimum Gasteiger partial charge on any atom is -0.496 e. The van der Waals surface area contributed by atoms with Crippen molar-refractivity contribution in [2.45, 2.75) is 26.5 Å². The van der Waals surface area contributed by atoms with Crippen molar-refractivity contribution in [1.82, 2.24) is 10.6 Å². The fourth-order valence-corrected chi connectivity index (χ4v) is 2.60. The number of para-hydroxylation sites is 1. The first-order chi connectivity index (χ1) is 12.8. The van der Waals surface area contributed by atoms with E-state index in [4.69, 9.17) is 9.47 Å². The molecule has 0 spiro atoms. The van der Waals surface area contributed by atoms with E-state index in [0.29, 0.717) is 6.61 Å². The Morgan fingerprint density at radius 1 is 1.00 bits per heavy atom. The SMILES string of the molecule is CCOCc1ccc(CNC(=NC)NCCc2ccccc2OC)cc1. The molecule has 0 saturated heterocycles. The first-order valence-corrected chi connectivity index (χ1v) is 8.98. The van der Waals surface area contributed by atoms with Crippen molar-refractivity contribution >= 4 is 5.96 Å². The second-order valence-corrected chi connectivity index (χ2v) is 5.87. The molecule has 2 rings (SSSR count). The number of rotatable bonds is 9. The number of nitrogens with zero attached hydrogens (tertiary/aromatic N) is 1. The van der Waals surface area contributed by atoms with Gasteiger partial charge < -0.3 is 20.1 Å². The second-order valence-electron chi connectivity index (χ2n) is 5.87. The fraction of sp³-hybridized carbons (Fsp3) is 0.381. The maximum atomic E-state index is 5.42. The van der Waals surface area contributed by atoms with Gasteiger partial charge in [-0.15, -0.1) is 0 Å². The lowest BCUT2D eigenvalue weighted by Gasteiger charge is -2.13.